The fourth-order valence-electron chi connectivity index (χ4n) is 2.63. The van der Waals surface area contributed by atoms with Crippen LogP contribution >= 0.6 is 0 Å². The Morgan fingerprint density at radius 3 is 2.81 bits per heavy atom. The number of amides is 1. The minimum atomic E-state index is -0.812. The van der Waals surface area contributed by atoms with E-state index in [-0.39, 0.29) is 18.3 Å². The van der Waals surface area contributed by atoms with E-state index in [0.717, 1.165) is 11.3 Å². The van der Waals surface area contributed by atoms with Gasteiger partial charge in [-0.15, -0.1) is 0 Å². The molecule has 1 aromatic carbocycles. The fourth-order valence-corrected chi connectivity index (χ4v) is 2.63. The predicted molar refractivity (Wildman–Crippen MR) is 56.9 cm³/mol. The molecule has 0 aliphatic carbocycles. The molecule has 4 nitrogen and oxygen atoms in total. The Morgan fingerprint density at radius 2 is 2.12 bits per heavy atom. The number of carbonyl (C=O) groups is 2. The van der Waals surface area contributed by atoms with Crippen molar-refractivity contribution in [2.45, 2.75) is 24.9 Å². The van der Waals surface area contributed by atoms with Gasteiger partial charge >= 0.3 is 5.97 Å². The minimum Gasteiger partial charge on any atom is -0.461 e. The molecule has 1 spiro atoms. The number of rotatable bonds is 0. The van der Waals surface area contributed by atoms with Crippen molar-refractivity contribution in [3.63, 3.8) is 0 Å². The van der Waals surface area contributed by atoms with Gasteiger partial charge in [-0.2, -0.15) is 0 Å². The molecular formula is C12H11NO3. The molecule has 1 amide bonds. The van der Waals surface area contributed by atoms with E-state index >= 15 is 0 Å². The van der Waals surface area contributed by atoms with Crippen LogP contribution in [0, 0.1) is 0 Å². The number of carbonyl (C=O) groups excluding carboxylic acids is 2. The molecule has 0 aromatic heterocycles. The maximum atomic E-state index is 12.1. The molecule has 0 unspecified atom stereocenters. The number of nitrogens with one attached hydrogen (secondary N) is 1. The second-order valence-electron chi connectivity index (χ2n) is 4.28. The molecule has 0 radical (unpaired) electrons. The van der Waals surface area contributed by atoms with E-state index < -0.39 is 11.5 Å². The summed E-state index contributed by atoms with van der Waals surface area (Å²) in [4.78, 5) is 23.4. The molecule has 0 bridgehead atoms. The number of hydrogen-bond acceptors (Lipinski definition) is 3. The van der Waals surface area contributed by atoms with Gasteiger partial charge in [-0.25, -0.2) is 0 Å². The number of anilines is 1. The fraction of sp³-hybridized carbons (Fsp3) is 0.333. The quantitative estimate of drug-likeness (QED) is 0.664. The molecule has 1 N–H and O–H groups in total. The number of benzene rings is 1. The van der Waals surface area contributed by atoms with E-state index in [9.17, 15) is 9.59 Å². The van der Waals surface area contributed by atoms with Crippen molar-refractivity contribution in [1.82, 2.24) is 0 Å². The van der Waals surface area contributed by atoms with Crippen LogP contribution in [0.15, 0.2) is 24.3 Å². The van der Waals surface area contributed by atoms with Crippen molar-refractivity contribution >= 4 is 17.6 Å². The Hall–Kier alpha value is -1.84. The van der Waals surface area contributed by atoms with Gasteiger partial charge in [0.05, 0.1) is 6.42 Å². The summed E-state index contributed by atoms with van der Waals surface area (Å²) in [5.74, 6) is -0.439. The maximum Gasteiger partial charge on any atom is 0.307 e. The molecule has 3 rings (SSSR count). The summed E-state index contributed by atoms with van der Waals surface area (Å²) in [6.07, 6.45) is -0.263. The summed E-state index contributed by atoms with van der Waals surface area (Å²) in [5, 5.41) is 2.81. The molecule has 4 heteroatoms. The molecule has 2 heterocycles. The molecule has 82 valence electrons. The standard InChI is InChI=1S/C12H11NO3/c1-7-12(6-10(14)16-7)8-4-2-3-5-9(8)13-11(12)15/h2-5,7H,6H2,1H3,(H,13,15)/t7-,12+/m0/s1. The second-order valence-corrected chi connectivity index (χ2v) is 4.28. The van der Waals surface area contributed by atoms with Crippen molar-refractivity contribution in [2.75, 3.05) is 5.32 Å². The summed E-state index contributed by atoms with van der Waals surface area (Å²) in [5.41, 5.74) is 0.851. The number of fused-ring (bicyclic) bond motifs is 2. The number of cyclic esters (lactones) is 1. The van der Waals surface area contributed by atoms with Gasteiger partial charge in [0.15, 0.2) is 0 Å². The van der Waals surface area contributed by atoms with Crippen molar-refractivity contribution < 1.29 is 14.3 Å². The highest BCUT2D eigenvalue weighted by atomic mass is 16.6. The Balaban J connectivity index is 2.21. The summed E-state index contributed by atoms with van der Waals surface area (Å²) in [7, 11) is 0. The third kappa shape index (κ3) is 0.939. The van der Waals surface area contributed by atoms with E-state index in [0.29, 0.717) is 0 Å². The second kappa shape index (κ2) is 2.84. The lowest BCUT2D eigenvalue weighted by molar-refractivity contribution is -0.140. The first kappa shape index (κ1) is 9.39. The van der Waals surface area contributed by atoms with Crippen LogP contribution in [0.25, 0.3) is 0 Å². The van der Waals surface area contributed by atoms with Crippen LogP contribution in [0.4, 0.5) is 5.69 Å². The van der Waals surface area contributed by atoms with Crippen LogP contribution in [0.3, 0.4) is 0 Å². The first-order chi connectivity index (χ1) is 7.64. The largest absolute Gasteiger partial charge is 0.461 e. The average molecular weight is 217 g/mol. The summed E-state index contributed by atoms with van der Waals surface area (Å²) in [6.45, 7) is 1.77. The number of para-hydroxylation sites is 1. The zero-order valence-corrected chi connectivity index (χ0v) is 8.82. The molecule has 1 saturated heterocycles. The predicted octanol–water partition coefficient (Wildman–Crippen LogP) is 1.21. The van der Waals surface area contributed by atoms with Crippen molar-refractivity contribution in [3.8, 4) is 0 Å². The topological polar surface area (TPSA) is 55.4 Å². The van der Waals surface area contributed by atoms with Gasteiger partial charge in [-0.1, -0.05) is 18.2 Å². The zero-order valence-electron chi connectivity index (χ0n) is 8.82. The smallest absolute Gasteiger partial charge is 0.307 e. The van der Waals surface area contributed by atoms with Gasteiger partial charge in [0.2, 0.25) is 5.91 Å². The molecular weight excluding hydrogens is 206 g/mol. The van der Waals surface area contributed by atoms with Crippen LogP contribution in [0.2, 0.25) is 0 Å². The van der Waals surface area contributed by atoms with Gasteiger partial charge in [-0.05, 0) is 18.6 Å². The first-order valence-corrected chi connectivity index (χ1v) is 5.25. The van der Waals surface area contributed by atoms with Crippen molar-refractivity contribution in [1.29, 1.82) is 0 Å². The number of esters is 1. The van der Waals surface area contributed by atoms with Gasteiger partial charge in [0.25, 0.3) is 0 Å². The molecule has 2 aliphatic rings. The minimum absolute atomic E-state index is 0.132. The van der Waals surface area contributed by atoms with E-state index in [1.165, 1.54) is 0 Å². The van der Waals surface area contributed by atoms with Gasteiger partial charge in [0, 0.05) is 5.69 Å². The lowest BCUT2D eigenvalue weighted by atomic mass is 9.76. The molecule has 0 saturated carbocycles. The molecule has 2 atom stereocenters. The first-order valence-electron chi connectivity index (χ1n) is 5.25. The monoisotopic (exact) mass is 217 g/mol. The Kier molecular flexibility index (Phi) is 1.67. The van der Waals surface area contributed by atoms with Crippen molar-refractivity contribution in [3.05, 3.63) is 29.8 Å². The highest BCUT2D eigenvalue weighted by molar-refractivity contribution is 6.09. The molecule has 2 aliphatic heterocycles. The molecule has 1 aromatic rings. The van der Waals surface area contributed by atoms with E-state index in [1.54, 1.807) is 6.92 Å². The third-order valence-electron chi connectivity index (χ3n) is 3.49. The Morgan fingerprint density at radius 1 is 1.38 bits per heavy atom. The van der Waals surface area contributed by atoms with Crippen LogP contribution in [-0.4, -0.2) is 18.0 Å². The SMILES string of the molecule is C[C@@H]1OC(=O)C[C@@]12C(=O)Nc1ccccc12. The van der Waals surface area contributed by atoms with Gasteiger partial charge < -0.3 is 10.1 Å². The van der Waals surface area contributed by atoms with E-state index in [1.807, 2.05) is 24.3 Å². The molecule has 16 heavy (non-hydrogen) atoms. The Labute approximate surface area is 92.6 Å². The van der Waals surface area contributed by atoms with Crippen molar-refractivity contribution in [2.24, 2.45) is 0 Å². The van der Waals surface area contributed by atoms with Crippen LogP contribution in [0.1, 0.15) is 18.9 Å². The average Bonchev–Trinajstić information content (AvgIpc) is 2.69. The number of ether oxygens (including phenoxy) is 1. The maximum absolute atomic E-state index is 12.1. The Bertz CT molecular complexity index is 497. The van der Waals surface area contributed by atoms with Gasteiger partial charge in [0.1, 0.15) is 11.5 Å². The highest BCUT2D eigenvalue weighted by Crippen LogP contribution is 2.47. The lowest BCUT2D eigenvalue weighted by Crippen LogP contribution is -2.40. The summed E-state index contributed by atoms with van der Waals surface area (Å²) in [6, 6.07) is 7.46. The summed E-state index contributed by atoms with van der Waals surface area (Å²) < 4.78 is 5.13. The van der Waals surface area contributed by atoms with E-state index in [2.05, 4.69) is 5.32 Å². The normalized spacial score (nSPS) is 31.4. The van der Waals surface area contributed by atoms with Crippen LogP contribution in [-0.2, 0) is 19.7 Å². The number of hydrogen-bond donors (Lipinski definition) is 1. The van der Waals surface area contributed by atoms with E-state index in [4.69, 9.17) is 4.74 Å². The summed E-state index contributed by atoms with van der Waals surface area (Å²) >= 11 is 0. The van der Waals surface area contributed by atoms with Gasteiger partial charge in [-0.3, -0.25) is 9.59 Å². The molecule has 1 fully saturated rings. The lowest BCUT2D eigenvalue weighted by Gasteiger charge is -2.23. The zero-order chi connectivity index (χ0) is 11.3. The van der Waals surface area contributed by atoms with Crippen LogP contribution in [0.5, 0.6) is 0 Å². The third-order valence-corrected chi connectivity index (χ3v) is 3.49. The highest BCUT2D eigenvalue weighted by Gasteiger charge is 2.57. The van der Waals surface area contributed by atoms with Crippen LogP contribution < -0.4 is 5.32 Å².